The van der Waals surface area contributed by atoms with Crippen LogP contribution in [0.1, 0.15) is 71.0 Å². The summed E-state index contributed by atoms with van der Waals surface area (Å²) >= 11 is 6.45. The molecule has 0 bridgehead atoms. The second-order valence-corrected chi connectivity index (χ2v) is 11.9. The molecule has 214 valence electrons. The van der Waals surface area contributed by atoms with Gasteiger partial charge in [-0.1, -0.05) is 60.9 Å². The van der Waals surface area contributed by atoms with Crippen LogP contribution in [0.15, 0.2) is 78.0 Å². The molecular formula is C34H33BClNO5. The minimum Gasteiger partial charge on any atom is -0.508 e. The van der Waals surface area contributed by atoms with Gasteiger partial charge < -0.3 is 14.8 Å². The summed E-state index contributed by atoms with van der Waals surface area (Å²) in [5.41, 5.74) is 5.78. The molecule has 2 aliphatic carbocycles. The van der Waals surface area contributed by atoms with E-state index in [1.807, 2.05) is 30.3 Å². The number of allylic oxidation sites excluding steroid dienone is 2. The smallest absolute Gasteiger partial charge is 0.455 e. The quantitative estimate of drug-likeness (QED) is 0.229. The summed E-state index contributed by atoms with van der Waals surface area (Å²) < 4.78 is 6.21. The molecule has 0 amide bonds. The molecule has 0 spiro atoms. The zero-order valence-electron chi connectivity index (χ0n) is 23.5. The van der Waals surface area contributed by atoms with Gasteiger partial charge in [0.15, 0.2) is 11.6 Å². The molecular weight excluding hydrogens is 549 g/mol. The molecule has 4 atom stereocenters. The number of aromatic hydroxyl groups is 1. The number of benzene rings is 2. The van der Waals surface area contributed by atoms with E-state index in [1.54, 1.807) is 36.5 Å². The van der Waals surface area contributed by atoms with Crippen LogP contribution in [0.4, 0.5) is 0 Å². The van der Waals surface area contributed by atoms with Crippen LogP contribution in [0, 0.1) is 17.8 Å². The number of hydrogen-bond donors (Lipinski definition) is 2. The first kappa shape index (κ1) is 28.6. The highest BCUT2D eigenvalue weighted by Gasteiger charge is 2.53. The van der Waals surface area contributed by atoms with E-state index in [0.29, 0.717) is 41.7 Å². The van der Waals surface area contributed by atoms with E-state index in [9.17, 15) is 19.7 Å². The number of aromatic nitrogens is 1. The van der Waals surface area contributed by atoms with Gasteiger partial charge in [0, 0.05) is 29.2 Å². The maximum atomic E-state index is 13.9. The average Bonchev–Trinajstić information content (AvgIpc) is 2.99. The van der Waals surface area contributed by atoms with Gasteiger partial charge in [0.25, 0.3) is 0 Å². The maximum Gasteiger partial charge on any atom is 0.455 e. The zero-order chi connectivity index (χ0) is 29.4. The van der Waals surface area contributed by atoms with Crippen LogP contribution in [-0.2, 0) is 4.65 Å². The molecule has 8 heteroatoms. The number of phenolic OH excluding ortho intramolecular Hbond substituents is 1. The fraction of sp³-hybridized carbons (Fsp3) is 0.324. The average molecular weight is 582 g/mol. The molecule has 6 rings (SSSR count). The number of halogens is 1. The Bertz CT molecular complexity index is 1590. The standard InChI is InChI=1S/C34H33BClNO5/c1-2-7-22-17-26-32(34(40)25-9-4-3-8-24(25)33(26)39)27-19-35(41)42-30(31(22)27)14-12-21(29-10-5-6-15-37-29)16-20-11-13-23(38)18-28(20)36/h3-6,8-11,13,15-16,18,26-27,30,32,38,41H,2,7,12,14,17,19H2,1H3/b21-16-/t26-,27+,30-,32-/m1/s1. The molecule has 1 aliphatic heterocycles. The van der Waals surface area contributed by atoms with Crippen molar-refractivity contribution >= 4 is 41.9 Å². The summed E-state index contributed by atoms with van der Waals surface area (Å²) in [4.78, 5) is 32.1. The minimum atomic E-state index is -1.03. The summed E-state index contributed by atoms with van der Waals surface area (Å²) in [6.07, 6.45) is 7.03. The molecule has 1 fully saturated rings. The van der Waals surface area contributed by atoms with E-state index < -0.39 is 25.1 Å². The molecule has 0 saturated carbocycles. The van der Waals surface area contributed by atoms with Crippen LogP contribution in [0.2, 0.25) is 11.3 Å². The molecule has 0 radical (unpaired) electrons. The van der Waals surface area contributed by atoms with Gasteiger partial charge in [-0.15, -0.1) is 0 Å². The number of pyridine rings is 1. The lowest BCUT2D eigenvalue weighted by atomic mass is 9.54. The van der Waals surface area contributed by atoms with Gasteiger partial charge in [-0.25, -0.2) is 0 Å². The predicted molar refractivity (Wildman–Crippen MR) is 164 cm³/mol. The first-order valence-corrected chi connectivity index (χ1v) is 15.1. The lowest BCUT2D eigenvalue weighted by Crippen LogP contribution is -2.50. The van der Waals surface area contributed by atoms with Gasteiger partial charge in [-0.05, 0) is 91.0 Å². The van der Waals surface area contributed by atoms with Crippen LogP contribution < -0.4 is 0 Å². The van der Waals surface area contributed by atoms with Gasteiger partial charge in [-0.3, -0.25) is 14.6 Å². The molecule has 1 aromatic heterocycles. The topological polar surface area (TPSA) is 96.7 Å². The Balaban J connectivity index is 1.36. The van der Waals surface area contributed by atoms with E-state index in [4.69, 9.17) is 16.3 Å². The summed E-state index contributed by atoms with van der Waals surface area (Å²) in [6, 6.07) is 17.7. The number of nitrogens with zero attached hydrogens (tertiary/aromatic N) is 1. The minimum absolute atomic E-state index is 0.00265. The summed E-state index contributed by atoms with van der Waals surface area (Å²) in [7, 11) is -1.03. The van der Waals surface area contributed by atoms with Crippen molar-refractivity contribution in [3.63, 3.8) is 0 Å². The lowest BCUT2D eigenvalue weighted by molar-refractivity contribution is 0.0599. The van der Waals surface area contributed by atoms with Gasteiger partial charge in [-0.2, -0.15) is 0 Å². The van der Waals surface area contributed by atoms with E-state index in [-0.39, 0.29) is 23.2 Å². The van der Waals surface area contributed by atoms with Crippen LogP contribution in [-0.4, -0.2) is 39.9 Å². The van der Waals surface area contributed by atoms with Gasteiger partial charge >= 0.3 is 7.12 Å². The number of phenols is 1. The molecule has 2 aromatic carbocycles. The second-order valence-electron chi connectivity index (χ2n) is 11.5. The second kappa shape index (κ2) is 12.0. The van der Waals surface area contributed by atoms with Crippen molar-refractivity contribution in [1.82, 2.24) is 4.98 Å². The third kappa shape index (κ3) is 5.37. The van der Waals surface area contributed by atoms with E-state index in [1.165, 1.54) is 11.6 Å². The normalized spacial score (nSPS) is 23.9. The van der Waals surface area contributed by atoms with E-state index >= 15 is 0 Å². The highest BCUT2D eigenvalue weighted by molar-refractivity contribution is 6.43. The maximum absolute atomic E-state index is 13.9. The Labute approximate surface area is 251 Å². The van der Waals surface area contributed by atoms with Crippen molar-refractivity contribution in [2.75, 3.05) is 0 Å². The molecule has 1 saturated heterocycles. The molecule has 42 heavy (non-hydrogen) atoms. The largest absolute Gasteiger partial charge is 0.508 e. The summed E-state index contributed by atoms with van der Waals surface area (Å²) in [5, 5.41) is 21.2. The summed E-state index contributed by atoms with van der Waals surface area (Å²) in [6.45, 7) is 2.12. The third-order valence-corrected chi connectivity index (χ3v) is 9.22. The third-order valence-electron chi connectivity index (χ3n) is 8.90. The fourth-order valence-electron chi connectivity index (χ4n) is 7.14. The Morgan fingerprint density at radius 1 is 1.07 bits per heavy atom. The van der Waals surface area contributed by atoms with E-state index in [2.05, 4.69) is 11.9 Å². The Hall–Kier alpha value is -3.52. The monoisotopic (exact) mass is 581 g/mol. The molecule has 3 aliphatic rings. The first-order chi connectivity index (χ1) is 20.4. The number of carbonyl (C=O) groups is 2. The van der Waals surface area contributed by atoms with Crippen molar-refractivity contribution < 1.29 is 24.4 Å². The first-order valence-electron chi connectivity index (χ1n) is 14.7. The summed E-state index contributed by atoms with van der Waals surface area (Å²) in [5.74, 6) is -1.03. The van der Waals surface area contributed by atoms with Crippen LogP contribution in [0.25, 0.3) is 11.6 Å². The van der Waals surface area contributed by atoms with E-state index in [0.717, 1.165) is 35.2 Å². The van der Waals surface area contributed by atoms with Crippen molar-refractivity contribution in [3.8, 4) is 5.75 Å². The van der Waals surface area contributed by atoms with Gasteiger partial charge in [0.2, 0.25) is 0 Å². The lowest BCUT2D eigenvalue weighted by Gasteiger charge is -2.47. The molecule has 6 nitrogen and oxygen atoms in total. The van der Waals surface area contributed by atoms with Crippen LogP contribution in [0.5, 0.6) is 5.75 Å². The molecule has 2 N–H and O–H groups in total. The number of rotatable bonds is 7. The number of fused-ring (bicyclic) bond motifs is 4. The molecule has 0 unspecified atom stereocenters. The van der Waals surface area contributed by atoms with Crippen molar-refractivity contribution in [1.29, 1.82) is 0 Å². The fourth-order valence-corrected chi connectivity index (χ4v) is 7.37. The molecule has 3 aromatic rings. The van der Waals surface area contributed by atoms with Crippen LogP contribution >= 0.6 is 11.6 Å². The van der Waals surface area contributed by atoms with Crippen LogP contribution in [0.3, 0.4) is 0 Å². The van der Waals surface area contributed by atoms with Gasteiger partial charge in [0.1, 0.15) is 5.75 Å². The Kier molecular flexibility index (Phi) is 8.17. The predicted octanol–water partition coefficient (Wildman–Crippen LogP) is 7.07. The highest BCUT2D eigenvalue weighted by Crippen LogP contribution is 2.51. The number of carbonyl (C=O) groups excluding carboxylic acids is 2. The Morgan fingerprint density at radius 2 is 1.83 bits per heavy atom. The zero-order valence-corrected chi connectivity index (χ0v) is 24.3. The van der Waals surface area contributed by atoms with Crippen molar-refractivity contribution in [2.24, 2.45) is 17.8 Å². The Morgan fingerprint density at radius 3 is 2.55 bits per heavy atom. The molecule has 2 heterocycles. The number of ketones is 2. The van der Waals surface area contributed by atoms with Gasteiger partial charge in [0.05, 0.1) is 16.8 Å². The number of Topliss-reactive ketones (excluding diaryl/α,β-unsaturated/α-hetero) is 2. The number of hydrogen-bond acceptors (Lipinski definition) is 6. The van der Waals surface area contributed by atoms with Crippen molar-refractivity contribution in [3.05, 3.63) is 105 Å². The SMILES string of the molecule is CCCC1=C2[C@@H](CC/C(=C/c3ccc(O)cc3Cl)c3ccccn3)OB(O)C[C@@H]2[C@@H]2C(=O)c3ccccc3C(=O)[C@@H]2C1. The highest BCUT2D eigenvalue weighted by atomic mass is 35.5. The van der Waals surface area contributed by atoms with Crippen molar-refractivity contribution in [2.45, 2.75) is 51.5 Å².